The summed E-state index contributed by atoms with van der Waals surface area (Å²) in [7, 11) is 0. The molecule has 0 bridgehead atoms. The standard InChI is InChI=1S/C24H40N6O2/c1-19(2)30-22(8-11-25-30)26-23(31)17-29-14-4-3-7-21(29)20-9-15-27(16-10-20)18-24(32)28-12-5-6-13-28/h8,11,19-21H,3-7,9-10,12-18H2,1-2H3,(H,26,31). The van der Waals surface area contributed by atoms with Crippen molar-refractivity contribution < 1.29 is 9.59 Å². The number of hydrogen-bond acceptors (Lipinski definition) is 5. The zero-order valence-electron chi connectivity index (χ0n) is 19.8. The van der Waals surface area contributed by atoms with Gasteiger partial charge in [-0.25, -0.2) is 4.68 Å². The lowest BCUT2D eigenvalue weighted by Crippen LogP contribution is -2.51. The summed E-state index contributed by atoms with van der Waals surface area (Å²) in [6.07, 6.45) is 9.87. The van der Waals surface area contributed by atoms with Gasteiger partial charge in [0.25, 0.3) is 0 Å². The van der Waals surface area contributed by atoms with Gasteiger partial charge >= 0.3 is 0 Å². The average molecular weight is 445 g/mol. The largest absolute Gasteiger partial charge is 0.342 e. The minimum Gasteiger partial charge on any atom is -0.342 e. The number of likely N-dealkylation sites (tertiary alicyclic amines) is 3. The minimum atomic E-state index is 0.0490. The van der Waals surface area contributed by atoms with Gasteiger partial charge in [0.05, 0.1) is 19.3 Å². The van der Waals surface area contributed by atoms with E-state index >= 15 is 0 Å². The number of nitrogens with zero attached hydrogens (tertiary/aromatic N) is 5. The number of anilines is 1. The van der Waals surface area contributed by atoms with Crippen LogP contribution in [0.2, 0.25) is 0 Å². The SMILES string of the molecule is CC(C)n1nccc1NC(=O)CN1CCCCC1C1CCN(CC(=O)N2CCCC2)CC1. The monoisotopic (exact) mass is 444 g/mol. The molecule has 32 heavy (non-hydrogen) atoms. The molecular formula is C24H40N6O2. The molecule has 1 aromatic rings. The third kappa shape index (κ3) is 5.70. The highest BCUT2D eigenvalue weighted by Crippen LogP contribution is 2.30. The van der Waals surface area contributed by atoms with E-state index in [-0.39, 0.29) is 11.9 Å². The van der Waals surface area contributed by atoms with Crippen LogP contribution in [0.5, 0.6) is 0 Å². The summed E-state index contributed by atoms with van der Waals surface area (Å²) >= 11 is 0. The molecule has 0 saturated carbocycles. The van der Waals surface area contributed by atoms with Crippen LogP contribution in [0.3, 0.4) is 0 Å². The van der Waals surface area contributed by atoms with Crippen LogP contribution >= 0.6 is 0 Å². The predicted octanol–water partition coefficient (Wildman–Crippen LogP) is 2.59. The van der Waals surface area contributed by atoms with Gasteiger partial charge in [-0.2, -0.15) is 5.10 Å². The Bertz CT molecular complexity index is 764. The normalized spacial score (nSPS) is 23.7. The molecule has 3 aliphatic rings. The summed E-state index contributed by atoms with van der Waals surface area (Å²) in [5, 5.41) is 7.38. The Balaban J connectivity index is 1.27. The lowest BCUT2D eigenvalue weighted by Gasteiger charge is -2.43. The number of hydrogen-bond donors (Lipinski definition) is 1. The fraction of sp³-hybridized carbons (Fsp3) is 0.792. The highest BCUT2D eigenvalue weighted by molar-refractivity contribution is 5.91. The van der Waals surface area contributed by atoms with Gasteiger partial charge in [0.15, 0.2) is 0 Å². The molecule has 4 heterocycles. The van der Waals surface area contributed by atoms with E-state index < -0.39 is 0 Å². The molecule has 3 fully saturated rings. The Kier molecular flexibility index (Phi) is 7.84. The lowest BCUT2D eigenvalue weighted by atomic mass is 9.83. The molecule has 8 nitrogen and oxygen atoms in total. The van der Waals surface area contributed by atoms with E-state index in [0.29, 0.717) is 31.0 Å². The second kappa shape index (κ2) is 10.8. The highest BCUT2D eigenvalue weighted by atomic mass is 16.2. The Hall–Kier alpha value is -1.93. The van der Waals surface area contributed by atoms with E-state index in [1.165, 1.54) is 12.8 Å². The number of aromatic nitrogens is 2. The zero-order chi connectivity index (χ0) is 22.5. The number of carbonyl (C=O) groups excluding carboxylic acids is 2. The van der Waals surface area contributed by atoms with Gasteiger partial charge in [-0.1, -0.05) is 6.42 Å². The van der Waals surface area contributed by atoms with Gasteiger partial charge in [0, 0.05) is 31.2 Å². The molecule has 3 saturated heterocycles. The third-order valence-corrected chi connectivity index (χ3v) is 7.43. The van der Waals surface area contributed by atoms with Crippen molar-refractivity contribution in [3.63, 3.8) is 0 Å². The maximum Gasteiger partial charge on any atom is 0.239 e. The molecule has 0 spiro atoms. The van der Waals surface area contributed by atoms with Crippen molar-refractivity contribution in [2.75, 3.05) is 51.1 Å². The molecule has 8 heteroatoms. The van der Waals surface area contributed by atoms with Crippen LogP contribution in [0, 0.1) is 5.92 Å². The maximum atomic E-state index is 12.8. The van der Waals surface area contributed by atoms with Crippen molar-refractivity contribution in [1.29, 1.82) is 0 Å². The first-order chi connectivity index (χ1) is 15.5. The van der Waals surface area contributed by atoms with Gasteiger partial charge < -0.3 is 10.2 Å². The van der Waals surface area contributed by atoms with Crippen LogP contribution in [0.1, 0.15) is 64.8 Å². The van der Waals surface area contributed by atoms with Gasteiger partial charge in [-0.15, -0.1) is 0 Å². The van der Waals surface area contributed by atoms with Crippen molar-refractivity contribution in [3.05, 3.63) is 12.3 Å². The predicted molar refractivity (Wildman–Crippen MR) is 125 cm³/mol. The van der Waals surface area contributed by atoms with Crippen molar-refractivity contribution in [3.8, 4) is 0 Å². The van der Waals surface area contributed by atoms with Crippen LogP contribution in [0.4, 0.5) is 5.82 Å². The van der Waals surface area contributed by atoms with Crippen molar-refractivity contribution >= 4 is 17.6 Å². The summed E-state index contributed by atoms with van der Waals surface area (Å²) in [6, 6.07) is 2.55. The molecule has 0 radical (unpaired) electrons. The second-order valence-corrected chi connectivity index (χ2v) is 10.0. The number of nitrogens with one attached hydrogen (secondary N) is 1. The number of rotatable bonds is 7. The van der Waals surface area contributed by atoms with E-state index in [0.717, 1.165) is 70.6 Å². The van der Waals surface area contributed by atoms with E-state index in [9.17, 15) is 9.59 Å². The molecule has 0 aliphatic carbocycles. The van der Waals surface area contributed by atoms with Crippen LogP contribution in [0.25, 0.3) is 0 Å². The fourth-order valence-electron chi connectivity index (χ4n) is 5.69. The van der Waals surface area contributed by atoms with E-state index in [1.807, 2.05) is 15.6 Å². The van der Waals surface area contributed by atoms with Crippen LogP contribution in [-0.4, -0.2) is 88.1 Å². The van der Waals surface area contributed by atoms with E-state index in [1.54, 1.807) is 6.20 Å². The summed E-state index contributed by atoms with van der Waals surface area (Å²) in [5.74, 6) is 1.74. The minimum absolute atomic E-state index is 0.0490. The first-order valence-corrected chi connectivity index (χ1v) is 12.6. The second-order valence-electron chi connectivity index (χ2n) is 10.0. The summed E-state index contributed by atoms with van der Waals surface area (Å²) in [6.45, 7) is 10.0. The number of piperidine rings is 2. The Morgan fingerprint density at radius 2 is 1.72 bits per heavy atom. The fourth-order valence-corrected chi connectivity index (χ4v) is 5.69. The first kappa shape index (κ1) is 23.2. The Morgan fingerprint density at radius 1 is 1.00 bits per heavy atom. The molecule has 1 aromatic heterocycles. The summed E-state index contributed by atoms with van der Waals surface area (Å²) in [5.41, 5.74) is 0. The first-order valence-electron chi connectivity index (χ1n) is 12.6. The van der Waals surface area contributed by atoms with Crippen molar-refractivity contribution in [2.45, 2.75) is 70.9 Å². The van der Waals surface area contributed by atoms with Crippen LogP contribution in [-0.2, 0) is 9.59 Å². The highest BCUT2D eigenvalue weighted by Gasteiger charge is 2.34. The average Bonchev–Trinajstić information content (AvgIpc) is 3.47. The van der Waals surface area contributed by atoms with Crippen LogP contribution < -0.4 is 5.32 Å². The molecule has 1 unspecified atom stereocenters. The molecule has 4 rings (SSSR count). The van der Waals surface area contributed by atoms with Gasteiger partial charge in [-0.3, -0.25) is 19.4 Å². The number of amides is 2. The summed E-state index contributed by atoms with van der Waals surface area (Å²) < 4.78 is 1.85. The van der Waals surface area contributed by atoms with Crippen LogP contribution in [0.15, 0.2) is 12.3 Å². The Labute approximate surface area is 192 Å². The van der Waals surface area contributed by atoms with E-state index in [2.05, 4.69) is 34.1 Å². The van der Waals surface area contributed by atoms with Crippen molar-refractivity contribution in [2.24, 2.45) is 5.92 Å². The van der Waals surface area contributed by atoms with Crippen molar-refractivity contribution in [1.82, 2.24) is 24.5 Å². The molecule has 2 amide bonds. The lowest BCUT2D eigenvalue weighted by molar-refractivity contribution is -0.132. The van der Waals surface area contributed by atoms with Gasteiger partial charge in [0.2, 0.25) is 11.8 Å². The Morgan fingerprint density at radius 3 is 2.44 bits per heavy atom. The summed E-state index contributed by atoms with van der Waals surface area (Å²) in [4.78, 5) is 32.1. The van der Waals surface area contributed by atoms with E-state index in [4.69, 9.17) is 0 Å². The topological polar surface area (TPSA) is 73.7 Å². The molecule has 178 valence electrons. The maximum absolute atomic E-state index is 12.8. The zero-order valence-corrected chi connectivity index (χ0v) is 19.8. The molecule has 0 aromatic carbocycles. The number of carbonyl (C=O) groups is 2. The molecule has 1 atom stereocenters. The molecule has 3 aliphatic heterocycles. The third-order valence-electron chi connectivity index (χ3n) is 7.43. The smallest absolute Gasteiger partial charge is 0.239 e. The molecule has 1 N–H and O–H groups in total. The van der Waals surface area contributed by atoms with Gasteiger partial charge in [-0.05, 0) is 77.9 Å². The molecular weight excluding hydrogens is 404 g/mol. The van der Waals surface area contributed by atoms with Gasteiger partial charge in [0.1, 0.15) is 5.82 Å². The quantitative estimate of drug-likeness (QED) is 0.700.